The monoisotopic (exact) mass is 529 g/mol. The Morgan fingerprint density at radius 1 is 1.00 bits per heavy atom. The Morgan fingerprint density at radius 2 is 1.63 bits per heavy atom. The van der Waals surface area contributed by atoms with Crippen molar-refractivity contribution in [2.24, 2.45) is 29.1 Å². The molecule has 5 aliphatic carbocycles. The summed E-state index contributed by atoms with van der Waals surface area (Å²) >= 11 is 0. The minimum Gasteiger partial charge on any atom is -0.492 e. The summed E-state index contributed by atoms with van der Waals surface area (Å²) in [5.74, 6) is -2.90. The molecule has 2 aromatic rings. The Balaban J connectivity index is 1.28. The molecule has 0 aliphatic heterocycles. The van der Waals surface area contributed by atoms with Crippen LogP contribution >= 0.6 is 0 Å². The molecule has 4 bridgehead atoms. The molecule has 7 rings (SSSR count). The van der Waals surface area contributed by atoms with E-state index in [2.05, 4.69) is 5.32 Å². The van der Waals surface area contributed by atoms with Crippen molar-refractivity contribution in [2.75, 3.05) is 6.61 Å². The van der Waals surface area contributed by atoms with E-state index in [1.54, 1.807) is 18.2 Å². The van der Waals surface area contributed by atoms with Crippen molar-refractivity contribution in [1.29, 1.82) is 0 Å². The molecule has 0 radical (unpaired) electrons. The summed E-state index contributed by atoms with van der Waals surface area (Å²) < 4.78 is 47.3. The van der Waals surface area contributed by atoms with Crippen LogP contribution in [0.25, 0.3) is 10.8 Å². The number of hydrogen-bond donors (Lipinski definition) is 2. The number of nitrogens with one attached hydrogen (secondary N) is 1. The second kappa shape index (κ2) is 9.45. The number of amides is 1. The molecule has 0 spiro atoms. The first-order valence-electron chi connectivity index (χ1n) is 13.9. The van der Waals surface area contributed by atoms with E-state index < -0.39 is 35.1 Å². The fraction of sp³-hybridized carbons (Fsp3) is 0.600. The third-order valence-electron chi connectivity index (χ3n) is 9.70. The Kier molecular flexibility index (Phi) is 6.35. The highest BCUT2D eigenvalue weighted by atomic mass is 19.3. The lowest BCUT2D eigenvalue weighted by Crippen LogP contribution is -2.59. The van der Waals surface area contributed by atoms with Crippen molar-refractivity contribution in [2.45, 2.75) is 76.2 Å². The predicted octanol–water partition coefficient (Wildman–Crippen LogP) is 6.58. The summed E-state index contributed by atoms with van der Waals surface area (Å²) in [4.78, 5) is 26.2. The zero-order valence-corrected chi connectivity index (χ0v) is 21.4. The number of carbonyl (C=O) groups is 2. The lowest BCUT2D eigenvalue weighted by atomic mass is 9.47. The van der Waals surface area contributed by atoms with E-state index in [0.29, 0.717) is 41.4 Å². The Morgan fingerprint density at radius 3 is 2.24 bits per heavy atom. The standard InChI is InChI=1S/C30H34F3NO4/c31-22-2-4-23-21(12-22)1-3-24(25(23)38-16-17-5-7-30(32,33)8-6-17)27(35)34-26(28(36)37)29-13-18-9-19(14-29)11-20(10-18)15-29/h1-4,12,17-20,26H,5-11,13-16H2,(H,34,35)(H,36,37)/t18?,19?,20?,26-,29?/m1/s1. The molecule has 0 unspecified atom stereocenters. The van der Waals surface area contributed by atoms with Gasteiger partial charge in [-0.05, 0) is 105 Å². The third-order valence-corrected chi connectivity index (χ3v) is 9.70. The van der Waals surface area contributed by atoms with Crippen LogP contribution in [0, 0.1) is 34.9 Å². The van der Waals surface area contributed by atoms with Gasteiger partial charge < -0.3 is 15.2 Å². The number of halogens is 3. The normalized spacial score (nSPS) is 30.8. The first kappa shape index (κ1) is 25.5. The van der Waals surface area contributed by atoms with Gasteiger partial charge in [0.25, 0.3) is 5.91 Å². The zero-order valence-electron chi connectivity index (χ0n) is 21.4. The number of hydrogen-bond acceptors (Lipinski definition) is 3. The maximum Gasteiger partial charge on any atom is 0.326 e. The molecule has 8 heteroatoms. The van der Waals surface area contributed by atoms with Crippen molar-refractivity contribution in [3.63, 3.8) is 0 Å². The number of rotatable bonds is 7. The van der Waals surface area contributed by atoms with E-state index in [9.17, 15) is 27.9 Å². The number of aliphatic carboxylic acids is 1. The highest BCUT2D eigenvalue weighted by Crippen LogP contribution is 2.61. The molecular weight excluding hydrogens is 495 g/mol. The van der Waals surface area contributed by atoms with Gasteiger partial charge in [-0.3, -0.25) is 4.79 Å². The van der Waals surface area contributed by atoms with Gasteiger partial charge in [0.2, 0.25) is 5.92 Å². The minimum atomic E-state index is -2.65. The highest BCUT2D eigenvalue weighted by Gasteiger charge is 2.56. The van der Waals surface area contributed by atoms with Crippen LogP contribution in [0.3, 0.4) is 0 Å². The lowest BCUT2D eigenvalue weighted by molar-refractivity contribution is -0.150. The smallest absolute Gasteiger partial charge is 0.326 e. The zero-order chi connectivity index (χ0) is 26.7. The maximum atomic E-state index is 13.9. The number of carboxylic acids is 1. The van der Waals surface area contributed by atoms with Gasteiger partial charge in [0, 0.05) is 23.6 Å². The molecule has 0 saturated heterocycles. The number of ether oxygens (including phenoxy) is 1. The summed E-state index contributed by atoms with van der Waals surface area (Å²) in [5.41, 5.74) is -0.258. The van der Waals surface area contributed by atoms with E-state index in [-0.39, 0.29) is 36.7 Å². The van der Waals surface area contributed by atoms with Crippen LogP contribution in [0.5, 0.6) is 5.75 Å². The molecule has 2 aromatic carbocycles. The molecule has 5 nitrogen and oxygen atoms in total. The van der Waals surface area contributed by atoms with Crippen molar-refractivity contribution in [3.05, 3.63) is 41.7 Å². The van der Waals surface area contributed by atoms with E-state index in [4.69, 9.17) is 4.74 Å². The fourth-order valence-electron chi connectivity index (χ4n) is 8.29. The number of alkyl halides is 2. The molecule has 0 aromatic heterocycles. The molecule has 5 fully saturated rings. The van der Waals surface area contributed by atoms with E-state index >= 15 is 0 Å². The van der Waals surface area contributed by atoms with Crippen LogP contribution < -0.4 is 10.1 Å². The lowest BCUT2D eigenvalue weighted by Gasteiger charge is -2.58. The topological polar surface area (TPSA) is 75.6 Å². The van der Waals surface area contributed by atoms with Gasteiger partial charge in [-0.2, -0.15) is 0 Å². The first-order valence-corrected chi connectivity index (χ1v) is 13.9. The third kappa shape index (κ3) is 4.75. The van der Waals surface area contributed by atoms with Gasteiger partial charge in [-0.1, -0.05) is 6.07 Å². The van der Waals surface area contributed by atoms with Crippen LogP contribution in [0.15, 0.2) is 30.3 Å². The number of benzene rings is 2. The van der Waals surface area contributed by atoms with Gasteiger partial charge in [0.05, 0.1) is 12.2 Å². The molecule has 38 heavy (non-hydrogen) atoms. The average molecular weight is 530 g/mol. The minimum absolute atomic E-state index is 0.0833. The molecular formula is C30H34F3NO4. The van der Waals surface area contributed by atoms with Gasteiger partial charge in [0.15, 0.2) is 0 Å². The van der Waals surface area contributed by atoms with Gasteiger partial charge in [-0.15, -0.1) is 0 Å². The summed E-state index contributed by atoms with van der Waals surface area (Å²) in [6.45, 7) is 0.157. The summed E-state index contributed by atoms with van der Waals surface area (Å²) in [6, 6.07) is 6.34. The summed E-state index contributed by atoms with van der Waals surface area (Å²) in [7, 11) is 0. The SMILES string of the molecule is O=C(N[C@H](C(=O)O)C12CC3CC(CC(C3)C1)C2)c1ccc2cc(F)ccc2c1OCC1CCC(F)(F)CC1. The number of carbonyl (C=O) groups excluding carboxylic acids is 1. The molecule has 5 aliphatic rings. The molecule has 1 amide bonds. The van der Waals surface area contributed by atoms with Crippen molar-refractivity contribution in [1.82, 2.24) is 5.32 Å². The Hall–Kier alpha value is -2.77. The molecule has 0 heterocycles. The highest BCUT2D eigenvalue weighted by molar-refractivity contribution is 6.05. The van der Waals surface area contributed by atoms with Crippen LogP contribution in [0.1, 0.15) is 74.6 Å². The van der Waals surface area contributed by atoms with Gasteiger partial charge in [0.1, 0.15) is 17.6 Å². The van der Waals surface area contributed by atoms with Crippen molar-refractivity contribution >= 4 is 22.6 Å². The predicted molar refractivity (Wildman–Crippen MR) is 136 cm³/mol. The van der Waals surface area contributed by atoms with Gasteiger partial charge >= 0.3 is 5.97 Å². The van der Waals surface area contributed by atoms with E-state index in [1.807, 2.05) is 0 Å². The fourth-order valence-corrected chi connectivity index (χ4v) is 8.29. The van der Waals surface area contributed by atoms with E-state index in [1.165, 1.54) is 12.1 Å². The summed E-state index contributed by atoms with van der Waals surface area (Å²) in [6.07, 6.45) is 6.20. The molecule has 2 N–H and O–H groups in total. The van der Waals surface area contributed by atoms with Crippen molar-refractivity contribution in [3.8, 4) is 5.75 Å². The number of fused-ring (bicyclic) bond motifs is 1. The molecule has 5 saturated carbocycles. The second-order valence-electron chi connectivity index (χ2n) is 12.4. The largest absolute Gasteiger partial charge is 0.492 e. The van der Waals surface area contributed by atoms with Crippen molar-refractivity contribution < 1.29 is 32.6 Å². The molecule has 204 valence electrons. The molecule has 1 atom stereocenters. The summed E-state index contributed by atoms with van der Waals surface area (Å²) in [5, 5.41) is 14.2. The maximum absolute atomic E-state index is 13.9. The van der Waals surface area contributed by atoms with Crippen LogP contribution in [0.4, 0.5) is 13.2 Å². The first-order chi connectivity index (χ1) is 18.1. The van der Waals surface area contributed by atoms with Crippen LogP contribution in [0.2, 0.25) is 0 Å². The van der Waals surface area contributed by atoms with E-state index in [0.717, 1.165) is 38.5 Å². The Labute approximate surface area is 220 Å². The average Bonchev–Trinajstić information content (AvgIpc) is 2.85. The Bertz CT molecular complexity index is 1220. The van der Waals surface area contributed by atoms with Crippen LogP contribution in [-0.4, -0.2) is 35.6 Å². The van der Waals surface area contributed by atoms with Crippen LogP contribution in [-0.2, 0) is 4.79 Å². The quantitative estimate of drug-likeness (QED) is 0.425. The van der Waals surface area contributed by atoms with Gasteiger partial charge in [-0.25, -0.2) is 18.0 Å². The number of carboxylic acid groups (broad SMARTS) is 1. The second-order valence-corrected chi connectivity index (χ2v) is 12.4.